The van der Waals surface area contributed by atoms with Crippen LogP contribution < -0.4 is 5.32 Å². The zero-order valence-corrected chi connectivity index (χ0v) is 13.2. The van der Waals surface area contributed by atoms with Gasteiger partial charge in [0.2, 0.25) is 11.8 Å². The number of hydrogen-bond donors (Lipinski definition) is 1. The largest absolute Gasteiger partial charge is 0.419 e. The van der Waals surface area contributed by atoms with Gasteiger partial charge in [0.15, 0.2) is 0 Å². The minimum Gasteiger partial charge on any atom is -0.419 e. The van der Waals surface area contributed by atoms with Crippen molar-refractivity contribution in [3.63, 3.8) is 0 Å². The second-order valence-electron chi connectivity index (χ2n) is 5.01. The van der Waals surface area contributed by atoms with Gasteiger partial charge in [-0.2, -0.15) is 0 Å². The summed E-state index contributed by atoms with van der Waals surface area (Å²) in [6, 6.07) is 14.4. The number of rotatable bonds is 4. The number of halogens is 1. The lowest BCUT2D eigenvalue weighted by molar-refractivity contribution is 0.0947. The molecule has 3 aromatic rings. The fraction of sp³-hybridized carbons (Fsp3) is 0.118. The van der Waals surface area contributed by atoms with Crippen LogP contribution in [0, 0.1) is 6.92 Å². The Kier molecular flexibility index (Phi) is 4.39. The van der Waals surface area contributed by atoms with Crippen molar-refractivity contribution in [1.82, 2.24) is 15.5 Å². The third kappa shape index (κ3) is 3.57. The molecular weight excluding hydrogens is 314 g/mol. The maximum absolute atomic E-state index is 12.0. The van der Waals surface area contributed by atoms with Crippen molar-refractivity contribution in [2.45, 2.75) is 13.5 Å². The molecule has 0 aliphatic rings. The average molecular weight is 328 g/mol. The average Bonchev–Trinajstić information content (AvgIpc) is 3.02. The topological polar surface area (TPSA) is 68.0 Å². The molecule has 0 unspecified atom stereocenters. The molecule has 0 saturated carbocycles. The highest BCUT2D eigenvalue weighted by molar-refractivity contribution is 6.30. The maximum atomic E-state index is 12.0. The van der Waals surface area contributed by atoms with Crippen LogP contribution in [0.3, 0.4) is 0 Å². The van der Waals surface area contributed by atoms with E-state index in [0.29, 0.717) is 22.4 Å². The summed E-state index contributed by atoms with van der Waals surface area (Å²) < 4.78 is 5.60. The predicted molar refractivity (Wildman–Crippen MR) is 87.1 cm³/mol. The smallest absolute Gasteiger partial charge is 0.251 e. The van der Waals surface area contributed by atoms with Crippen LogP contribution in [-0.2, 0) is 6.54 Å². The van der Waals surface area contributed by atoms with Crippen LogP contribution in [0.4, 0.5) is 0 Å². The minimum absolute atomic E-state index is 0.167. The van der Waals surface area contributed by atoms with E-state index >= 15 is 0 Å². The summed E-state index contributed by atoms with van der Waals surface area (Å²) in [5.41, 5.74) is 2.45. The zero-order chi connectivity index (χ0) is 16.2. The third-order valence-corrected chi connectivity index (χ3v) is 3.60. The number of aromatic nitrogens is 2. The molecule has 0 fully saturated rings. The Bertz CT molecular complexity index is 828. The van der Waals surface area contributed by atoms with Crippen LogP contribution in [-0.4, -0.2) is 16.1 Å². The van der Waals surface area contributed by atoms with E-state index in [0.717, 1.165) is 11.1 Å². The molecule has 0 aliphatic heterocycles. The van der Waals surface area contributed by atoms with E-state index in [1.54, 1.807) is 24.3 Å². The van der Waals surface area contributed by atoms with Crippen molar-refractivity contribution in [2.75, 3.05) is 0 Å². The van der Waals surface area contributed by atoms with Crippen LogP contribution >= 0.6 is 11.6 Å². The number of nitrogens with zero attached hydrogens (tertiary/aromatic N) is 2. The van der Waals surface area contributed by atoms with Gasteiger partial charge >= 0.3 is 0 Å². The number of hydrogen-bond acceptors (Lipinski definition) is 4. The second-order valence-corrected chi connectivity index (χ2v) is 5.44. The molecule has 116 valence electrons. The molecule has 0 bridgehead atoms. The molecule has 0 aliphatic carbocycles. The monoisotopic (exact) mass is 327 g/mol. The summed E-state index contributed by atoms with van der Waals surface area (Å²) in [6.45, 7) is 2.14. The summed E-state index contributed by atoms with van der Waals surface area (Å²) in [7, 11) is 0. The molecule has 1 amide bonds. The van der Waals surface area contributed by atoms with Crippen LogP contribution in [0.15, 0.2) is 52.9 Å². The summed E-state index contributed by atoms with van der Waals surface area (Å²) in [5.74, 6) is 0.571. The van der Waals surface area contributed by atoms with E-state index in [1.807, 2.05) is 31.2 Å². The van der Waals surface area contributed by atoms with Gasteiger partial charge in [0.05, 0.1) is 6.54 Å². The van der Waals surface area contributed by atoms with E-state index in [4.69, 9.17) is 16.0 Å². The number of amides is 1. The maximum Gasteiger partial charge on any atom is 0.251 e. The molecule has 0 atom stereocenters. The Morgan fingerprint density at radius 2 is 1.87 bits per heavy atom. The summed E-state index contributed by atoms with van der Waals surface area (Å²) in [4.78, 5) is 12.0. The highest BCUT2D eigenvalue weighted by Crippen LogP contribution is 2.21. The van der Waals surface area contributed by atoms with Crippen LogP contribution in [0.2, 0.25) is 5.02 Å². The number of benzene rings is 2. The summed E-state index contributed by atoms with van der Waals surface area (Å²) >= 11 is 5.80. The first-order valence-electron chi connectivity index (χ1n) is 7.05. The quantitative estimate of drug-likeness (QED) is 0.794. The molecule has 1 aromatic heterocycles. The van der Waals surface area contributed by atoms with Crippen LogP contribution in [0.25, 0.3) is 11.5 Å². The van der Waals surface area contributed by atoms with E-state index in [9.17, 15) is 4.79 Å². The Labute approximate surface area is 138 Å². The first-order valence-corrected chi connectivity index (χ1v) is 7.43. The van der Waals surface area contributed by atoms with Crippen molar-refractivity contribution in [3.05, 3.63) is 70.6 Å². The van der Waals surface area contributed by atoms with E-state index < -0.39 is 0 Å². The number of carbonyl (C=O) groups is 1. The lowest BCUT2D eigenvalue weighted by Crippen LogP contribution is -2.22. The van der Waals surface area contributed by atoms with Crippen molar-refractivity contribution >= 4 is 17.5 Å². The highest BCUT2D eigenvalue weighted by Gasteiger charge is 2.12. The van der Waals surface area contributed by atoms with E-state index in [-0.39, 0.29) is 12.5 Å². The first kappa shape index (κ1) is 15.2. The Balaban J connectivity index is 1.67. The third-order valence-electron chi connectivity index (χ3n) is 3.35. The van der Waals surface area contributed by atoms with Gasteiger partial charge < -0.3 is 9.73 Å². The van der Waals surface area contributed by atoms with Crippen molar-refractivity contribution in [3.8, 4) is 11.5 Å². The fourth-order valence-corrected chi connectivity index (χ4v) is 2.23. The number of carbonyl (C=O) groups excluding carboxylic acids is 1. The fourth-order valence-electron chi connectivity index (χ4n) is 2.11. The summed E-state index contributed by atoms with van der Waals surface area (Å²) in [5, 5.41) is 11.3. The lowest BCUT2D eigenvalue weighted by Gasteiger charge is -2.02. The molecule has 1 heterocycles. The van der Waals surface area contributed by atoms with Crippen LogP contribution in [0.1, 0.15) is 21.8 Å². The Morgan fingerprint density at radius 1 is 1.13 bits per heavy atom. The van der Waals surface area contributed by atoms with E-state index in [1.165, 1.54) is 0 Å². The minimum atomic E-state index is -0.225. The van der Waals surface area contributed by atoms with Gasteiger partial charge in [0.1, 0.15) is 0 Å². The van der Waals surface area contributed by atoms with Gasteiger partial charge in [-0.25, -0.2) is 0 Å². The van der Waals surface area contributed by atoms with Gasteiger partial charge in [0.25, 0.3) is 5.91 Å². The molecule has 2 aromatic carbocycles. The van der Waals surface area contributed by atoms with Crippen LogP contribution in [0.5, 0.6) is 0 Å². The summed E-state index contributed by atoms with van der Waals surface area (Å²) in [6.07, 6.45) is 0. The van der Waals surface area contributed by atoms with Gasteiger partial charge in [-0.15, -0.1) is 10.2 Å². The first-order chi connectivity index (χ1) is 11.1. The Hall–Kier alpha value is -2.66. The molecule has 23 heavy (non-hydrogen) atoms. The van der Waals surface area contributed by atoms with Gasteiger partial charge in [-0.1, -0.05) is 29.8 Å². The molecule has 0 saturated heterocycles. The zero-order valence-electron chi connectivity index (χ0n) is 12.4. The molecule has 5 nitrogen and oxygen atoms in total. The second kappa shape index (κ2) is 6.62. The molecule has 1 N–H and O–H groups in total. The highest BCUT2D eigenvalue weighted by atomic mass is 35.5. The van der Waals surface area contributed by atoms with E-state index in [2.05, 4.69) is 15.5 Å². The molecule has 0 radical (unpaired) electrons. The predicted octanol–water partition coefficient (Wildman–Crippen LogP) is 3.63. The van der Waals surface area contributed by atoms with Gasteiger partial charge in [-0.05, 0) is 42.8 Å². The Morgan fingerprint density at radius 3 is 2.61 bits per heavy atom. The van der Waals surface area contributed by atoms with Gasteiger partial charge in [-0.3, -0.25) is 4.79 Å². The standard InChI is InChI=1S/C17H14ClN3O2/c1-11-4-2-3-5-14(11)17-21-20-15(23-17)10-19-16(22)12-6-8-13(18)9-7-12/h2-9H,10H2,1H3,(H,19,22). The number of aryl methyl sites for hydroxylation is 1. The lowest BCUT2D eigenvalue weighted by atomic mass is 10.1. The van der Waals surface area contributed by atoms with Crippen molar-refractivity contribution < 1.29 is 9.21 Å². The van der Waals surface area contributed by atoms with Crippen molar-refractivity contribution in [2.24, 2.45) is 0 Å². The molecular formula is C17H14ClN3O2. The molecule has 6 heteroatoms. The van der Waals surface area contributed by atoms with Crippen molar-refractivity contribution in [1.29, 1.82) is 0 Å². The SMILES string of the molecule is Cc1ccccc1-c1nnc(CNC(=O)c2ccc(Cl)cc2)o1. The molecule has 3 rings (SSSR count). The molecule has 0 spiro atoms. The number of nitrogens with one attached hydrogen (secondary N) is 1. The normalized spacial score (nSPS) is 10.5. The van der Waals surface area contributed by atoms with Gasteiger partial charge in [0, 0.05) is 16.1 Å².